The van der Waals surface area contributed by atoms with Crippen molar-refractivity contribution in [3.8, 4) is 0 Å². The maximum Gasteiger partial charge on any atom is 0.337 e. The minimum atomic E-state index is -0.504. The first-order valence-electron chi connectivity index (χ1n) is 6.14. The number of carbonyl (C=O) groups excluding carboxylic acids is 3. The van der Waals surface area contributed by atoms with Crippen LogP contribution in [0.2, 0.25) is 0 Å². The minimum absolute atomic E-state index is 0.292. The van der Waals surface area contributed by atoms with E-state index in [1.807, 2.05) is 0 Å². The zero-order valence-electron chi connectivity index (χ0n) is 11.5. The maximum absolute atomic E-state index is 11.9. The molecule has 0 radical (unpaired) electrons. The van der Waals surface area contributed by atoms with Crippen molar-refractivity contribution in [2.75, 3.05) is 7.11 Å². The summed E-state index contributed by atoms with van der Waals surface area (Å²) in [5.41, 5.74) is 5.48. The fourth-order valence-corrected chi connectivity index (χ4v) is 1.97. The highest BCUT2D eigenvalue weighted by Gasteiger charge is 2.11. The minimum Gasteiger partial charge on any atom is -0.465 e. The summed E-state index contributed by atoms with van der Waals surface area (Å²) in [6.45, 7) is 0. The van der Waals surface area contributed by atoms with Crippen molar-refractivity contribution < 1.29 is 19.1 Å². The molecule has 0 unspecified atom stereocenters. The van der Waals surface area contributed by atoms with E-state index in [1.54, 1.807) is 12.3 Å². The Labute approximate surface area is 134 Å². The summed E-state index contributed by atoms with van der Waals surface area (Å²) in [7, 11) is 1.28. The Bertz CT molecular complexity index is 709. The van der Waals surface area contributed by atoms with Gasteiger partial charge in [-0.25, -0.2) is 4.79 Å². The van der Waals surface area contributed by atoms with Crippen molar-refractivity contribution in [2.24, 2.45) is 0 Å². The molecule has 1 heterocycles. The van der Waals surface area contributed by atoms with Gasteiger partial charge in [0, 0.05) is 16.2 Å². The highest BCUT2D eigenvalue weighted by atomic mass is 79.9. The highest BCUT2D eigenvalue weighted by molar-refractivity contribution is 9.10. The molecule has 8 heteroatoms. The molecule has 0 saturated carbocycles. The Morgan fingerprint density at radius 1 is 1.05 bits per heavy atom. The number of nitrogens with one attached hydrogen (secondary N) is 3. The number of methoxy groups -OCH3 is 1. The highest BCUT2D eigenvalue weighted by Crippen LogP contribution is 2.10. The maximum atomic E-state index is 11.9. The SMILES string of the molecule is COC(=O)c1ccc(C(=O)NNC(=O)c2cc(Br)c[nH]2)cc1. The van der Waals surface area contributed by atoms with Crippen molar-refractivity contribution in [3.63, 3.8) is 0 Å². The summed E-state index contributed by atoms with van der Waals surface area (Å²) in [6.07, 6.45) is 1.60. The molecule has 1 aromatic carbocycles. The Morgan fingerprint density at radius 3 is 2.18 bits per heavy atom. The number of hydrogen-bond donors (Lipinski definition) is 3. The molecule has 2 rings (SSSR count). The van der Waals surface area contributed by atoms with Crippen LogP contribution < -0.4 is 10.9 Å². The number of hydrazine groups is 1. The fraction of sp³-hybridized carbons (Fsp3) is 0.0714. The lowest BCUT2D eigenvalue weighted by atomic mass is 10.1. The van der Waals surface area contributed by atoms with Crippen LogP contribution in [-0.2, 0) is 4.74 Å². The van der Waals surface area contributed by atoms with Crippen LogP contribution in [0, 0.1) is 0 Å². The molecule has 0 aliphatic heterocycles. The summed E-state index contributed by atoms with van der Waals surface area (Å²) in [5, 5.41) is 0. The van der Waals surface area contributed by atoms with Crippen LogP contribution >= 0.6 is 15.9 Å². The largest absolute Gasteiger partial charge is 0.465 e. The summed E-state index contributed by atoms with van der Waals surface area (Å²) < 4.78 is 5.29. The number of H-pyrrole nitrogens is 1. The Balaban J connectivity index is 1.94. The van der Waals surface area contributed by atoms with Gasteiger partial charge in [-0.1, -0.05) is 0 Å². The third kappa shape index (κ3) is 3.73. The number of ether oxygens (including phenoxy) is 1. The van der Waals surface area contributed by atoms with E-state index >= 15 is 0 Å². The normalized spacial score (nSPS) is 9.91. The topological polar surface area (TPSA) is 100 Å². The van der Waals surface area contributed by atoms with Gasteiger partial charge in [0.25, 0.3) is 11.8 Å². The molecule has 2 aromatic rings. The second kappa shape index (κ2) is 6.90. The predicted molar refractivity (Wildman–Crippen MR) is 81.2 cm³/mol. The fourth-order valence-electron chi connectivity index (χ4n) is 1.63. The van der Waals surface area contributed by atoms with Crippen molar-refractivity contribution >= 4 is 33.7 Å². The molecule has 0 saturated heterocycles. The Kier molecular flexibility index (Phi) is 4.95. The van der Waals surface area contributed by atoms with Crippen molar-refractivity contribution in [3.05, 3.63) is 57.8 Å². The molecule has 0 aliphatic rings. The van der Waals surface area contributed by atoms with Gasteiger partial charge in [-0.3, -0.25) is 20.4 Å². The van der Waals surface area contributed by atoms with Crippen LogP contribution in [0.25, 0.3) is 0 Å². The van der Waals surface area contributed by atoms with Gasteiger partial charge < -0.3 is 9.72 Å². The predicted octanol–water partition coefficient (Wildman–Crippen LogP) is 1.64. The lowest BCUT2D eigenvalue weighted by Gasteiger charge is -2.07. The first-order chi connectivity index (χ1) is 10.5. The van der Waals surface area contributed by atoms with E-state index in [4.69, 9.17) is 0 Å². The van der Waals surface area contributed by atoms with Crippen molar-refractivity contribution in [1.29, 1.82) is 0 Å². The number of amides is 2. The van der Waals surface area contributed by atoms with E-state index in [9.17, 15) is 14.4 Å². The van der Waals surface area contributed by atoms with Gasteiger partial charge in [0.15, 0.2) is 0 Å². The summed E-state index contributed by atoms with van der Waals surface area (Å²) in [6, 6.07) is 7.42. The first kappa shape index (κ1) is 15.8. The second-order valence-corrected chi connectivity index (χ2v) is 5.12. The van der Waals surface area contributed by atoms with E-state index in [2.05, 4.69) is 36.5 Å². The van der Waals surface area contributed by atoms with Crippen LogP contribution in [0.1, 0.15) is 31.2 Å². The number of benzene rings is 1. The molecule has 0 bridgehead atoms. The zero-order chi connectivity index (χ0) is 16.1. The molecular formula is C14H12BrN3O4. The Hall–Kier alpha value is -2.61. The van der Waals surface area contributed by atoms with Gasteiger partial charge in [0.2, 0.25) is 0 Å². The number of esters is 1. The summed E-state index contributed by atoms with van der Waals surface area (Å²) >= 11 is 3.21. The first-order valence-corrected chi connectivity index (χ1v) is 6.93. The molecule has 0 atom stereocenters. The van der Waals surface area contributed by atoms with Gasteiger partial charge in [-0.05, 0) is 46.3 Å². The van der Waals surface area contributed by atoms with Crippen LogP contribution in [0.5, 0.6) is 0 Å². The molecule has 0 spiro atoms. The number of carbonyl (C=O) groups is 3. The number of aromatic amines is 1. The molecule has 0 fully saturated rings. The zero-order valence-corrected chi connectivity index (χ0v) is 13.1. The van der Waals surface area contributed by atoms with Crippen LogP contribution in [0.3, 0.4) is 0 Å². The number of halogens is 1. The van der Waals surface area contributed by atoms with E-state index in [1.165, 1.54) is 31.4 Å². The molecular weight excluding hydrogens is 354 g/mol. The van der Waals surface area contributed by atoms with E-state index < -0.39 is 17.8 Å². The average molecular weight is 366 g/mol. The van der Waals surface area contributed by atoms with Gasteiger partial charge in [-0.2, -0.15) is 0 Å². The van der Waals surface area contributed by atoms with Gasteiger partial charge in [0.1, 0.15) is 5.69 Å². The Morgan fingerprint density at radius 2 is 1.64 bits per heavy atom. The summed E-state index contributed by atoms with van der Waals surface area (Å²) in [5.74, 6) is -1.47. The lowest BCUT2D eigenvalue weighted by Crippen LogP contribution is -2.41. The number of aromatic nitrogens is 1. The van der Waals surface area contributed by atoms with Crippen LogP contribution in [-0.4, -0.2) is 29.9 Å². The van der Waals surface area contributed by atoms with E-state index in [0.29, 0.717) is 16.8 Å². The number of hydrogen-bond acceptors (Lipinski definition) is 4. The average Bonchev–Trinajstić information content (AvgIpc) is 2.98. The van der Waals surface area contributed by atoms with Crippen molar-refractivity contribution in [2.45, 2.75) is 0 Å². The second-order valence-electron chi connectivity index (χ2n) is 4.21. The third-order valence-corrected chi connectivity index (χ3v) is 3.21. The van der Waals surface area contributed by atoms with Crippen molar-refractivity contribution in [1.82, 2.24) is 15.8 Å². The molecule has 3 N–H and O–H groups in total. The molecule has 114 valence electrons. The molecule has 22 heavy (non-hydrogen) atoms. The molecule has 0 aliphatic carbocycles. The molecule has 1 aromatic heterocycles. The van der Waals surface area contributed by atoms with Crippen LogP contribution in [0.15, 0.2) is 41.0 Å². The van der Waals surface area contributed by atoms with Gasteiger partial charge >= 0.3 is 5.97 Å². The smallest absolute Gasteiger partial charge is 0.337 e. The number of rotatable bonds is 3. The van der Waals surface area contributed by atoms with E-state index in [0.717, 1.165) is 4.47 Å². The molecule has 7 nitrogen and oxygen atoms in total. The van der Waals surface area contributed by atoms with Gasteiger partial charge in [-0.15, -0.1) is 0 Å². The quantitative estimate of drug-likeness (QED) is 0.568. The van der Waals surface area contributed by atoms with Crippen LogP contribution in [0.4, 0.5) is 0 Å². The summed E-state index contributed by atoms with van der Waals surface area (Å²) in [4.78, 5) is 37.6. The third-order valence-electron chi connectivity index (χ3n) is 2.75. The van der Waals surface area contributed by atoms with Gasteiger partial charge in [0.05, 0.1) is 12.7 Å². The van der Waals surface area contributed by atoms with E-state index in [-0.39, 0.29) is 0 Å². The monoisotopic (exact) mass is 365 g/mol. The standard InChI is InChI=1S/C14H12BrN3O4/c1-22-14(21)9-4-2-8(3-5-9)12(19)17-18-13(20)11-6-10(15)7-16-11/h2-7,16H,1H3,(H,17,19)(H,18,20). The molecule has 2 amide bonds. The lowest BCUT2D eigenvalue weighted by molar-refractivity contribution is 0.0600.